The Bertz CT molecular complexity index is 421. The van der Waals surface area contributed by atoms with Gasteiger partial charge in [-0.05, 0) is 36.8 Å². The molecule has 1 aromatic rings. The number of hydrogen-bond donors (Lipinski definition) is 2. The number of fused-ring (bicyclic) bond motifs is 1. The minimum atomic E-state index is 0.182. The summed E-state index contributed by atoms with van der Waals surface area (Å²) in [5.41, 5.74) is 8.90. The molecule has 0 aromatic heterocycles. The average Bonchev–Trinajstić information content (AvgIpc) is 2.96. The quantitative estimate of drug-likeness (QED) is 0.860. The van der Waals surface area contributed by atoms with Crippen LogP contribution < -0.4 is 11.1 Å². The molecule has 0 radical (unpaired) electrons. The van der Waals surface area contributed by atoms with E-state index >= 15 is 0 Å². The van der Waals surface area contributed by atoms with Crippen LogP contribution in [0.5, 0.6) is 0 Å². The number of nitrogens with two attached hydrogens (primary N) is 1. The van der Waals surface area contributed by atoms with E-state index in [1.54, 1.807) is 0 Å². The van der Waals surface area contributed by atoms with Crippen LogP contribution in [0.25, 0.3) is 0 Å². The molecule has 3 N–H and O–H groups in total. The van der Waals surface area contributed by atoms with Crippen LogP contribution in [0.3, 0.4) is 0 Å². The van der Waals surface area contributed by atoms with E-state index < -0.39 is 0 Å². The highest BCUT2D eigenvalue weighted by Crippen LogP contribution is 2.38. The fraction of sp³-hybridized carbons (Fsp3) is 0.600. The average molecular weight is 246 g/mol. The first-order chi connectivity index (χ1) is 8.79. The highest BCUT2D eigenvalue weighted by atomic mass is 16.5. The van der Waals surface area contributed by atoms with Crippen LogP contribution >= 0.6 is 0 Å². The Labute approximate surface area is 109 Å². The molecule has 3 nitrogen and oxygen atoms in total. The van der Waals surface area contributed by atoms with Crippen LogP contribution in [-0.2, 0) is 4.74 Å². The molecule has 0 saturated heterocycles. The molecule has 0 heterocycles. The van der Waals surface area contributed by atoms with Gasteiger partial charge in [0.15, 0.2) is 0 Å². The molecule has 1 fully saturated rings. The Hall–Kier alpha value is -0.900. The fourth-order valence-electron chi connectivity index (χ4n) is 3.49. The summed E-state index contributed by atoms with van der Waals surface area (Å²) in [6.45, 7) is 0. The van der Waals surface area contributed by atoms with Gasteiger partial charge in [0.2, 0.25) is 0 Å². The minimum Gasteiger partial charge on any atom is -0.380 e. The summed E-state index contributed by atoms with van der Waals surface area (Å²) in [6, 6.07) is 9.61. The van der Waals surface area contributed by atoms with Gasteiger partial charge >= 0.3 is 0 Å². The number of nitrogens with one attached hydrogen (secondary N) is 1. The normalized spacial score (nSPS) is 34.8. The standard InChI is InChI=1S/C15H22N2O/c1-18-15-8-4-7-13(15)17-14-9-12(16)10-5-2-3-6-11(10)14/h2-3,5-6,12-15,17H,4,7-9,16H2,1H3. The van der Waals surface area contributed by atoms with Crippen molar-refractivity contribution in [3.8, 4) is 0 Å². The Morgan fingerprint density at radius 3 is 2.78 bits per heavy atom. The largest absolute Gasteiger partial charge is 0.380 e. The van der Waals surface area contributed by atoms with Gasteiger partial charge in [0, 0.05) is 25.2 Å². The molecule has 3 rings (SSSR count). The zero-order valence-corrected chi connectivity index (χ0v) is 10.9. The maximum absolute atomic E-state index is 6.21. The molecule has 18 heavy (non-hydrogen) atoms. The van der Waals surface area contributed by atoms with Gasteiger partial charge in [-0.2, -0.15) is 0 Å². The molecular formula is C15H22N2O. The third kappa shape index (κ3) is 2.07. The van der Waals surface area contributed by atoms with Crippen LogP contribution in [-0.4, -0.2) is 19.3 Å². The highest BCUT2D eigenvalue weighted by Gasteiger charge is 2.33. The van der Waals surface area contributed by atoms with E-state index in [2.05, 4.69) is 29.6 Å². The van der Waals surface area contributed by atoms with Crippen LogP contribution in [0, 0.1) is 0 Å². The van der Waals surface area contributed by atoms with Crippen molar-refractivity contribution in [1.29, 1.82) is 0 Å². The maximum atomic E-state index is 6.21. The summed E-state index contributed by atoms with van der Waals surface area (Å²) < 4.78 is 5.56. The van der Waals surface area contributed by atoms with E-state index in [9.17, 15) is 0 Å². The van der Waals surface area contributed by atoms with Gasteiger partial charge < -0.3 is 15.8 Å². The molecule has 4 unspecified atom stereocenters. The molecule has 1 aromatic carbocycles. The van der Waals surface area contributed by atoms with Crippen LogP contribution in [0.15, 0.2) is 24.3 Å². The van der Waals surface area contributed by atoms with Crippen molar-refractivity contribution in [2.75, 3.05) is 7.11 Å². The van der Waals surface area contributed by atoms with Crippen molar-refractivity contribution >= 4 is 0 Å². The van der Waals surface area contributed by atoms with Crippen molar-refractivity contribution < 1.29 is 4.74 Å². The summed E-state index contributed by atoms with van der Waals surface area (Å²) in [5, 5.41) is 3.76. The number of methoxy groups -OCH3 is 1. The molecule has 0 spiro atoms. The predicted octanol–water partition coefficient (Wildman–Crippen LogP) is 2.29. The highest BCUT2D eigenvalue weighted by molar-refractivity contribution is 5.37. The van der Waals surface area contributed by atoms with Crippen molar-refractivity contribution in [2.24, 2.45) is 5.73 Å². The number of hydrogen-bond acceptors (Lipinski definition) is 3. The van der Waals surface area contributed by atoms with Gasteiger partial charge in [-0.1, -0.05) is 24.3 Å². The summed E-state index contributed by atoms with van der Waals surface area (Å²) in [6.07, 6.45) is 5.03. The van der Waals surface area contributed by atoms with E-state index in [-0.39, 0.29) is 6.04 Å². The lowest BCUT2D eigenvalue weighted by Gasteiger charge is -2.24. The van der Waals surface area contributed by atoms with E-state index in [1.165, 1.54) is 30.4 Å². The second-order valence-electron chi connectivity index (χ2n) is 5.50. The topological polar surface area (TPSA) is 47.3 Å². The van der Waals surface area contributed by atoms with Gasteiger partial charge in [-0.15, -0.1) is 0 Å². The first-order valence-corrected chi connectivity index (χ1v) is 6.93. The monoisotopic (exact) mass is 246 g/mol. The van der Waals surface area contributed by atoms with Gasteiger partial charge in [0.25, 0.3) is 0 Å². The zero-order chi connectivity index (χ0) is 12.5. The first-order valence-electron chi connectivity index (χ1n) is 6.93. The second kappa shape index (κ2) is 5.00. The van der Waals surface area contributed by atoms with Gasteiger partial charge in [0.1, 0.15) is 0 Å². The Morgan fingerprint density at radius 2 is 2.00 bits per heavy atom. The van der Waals surface area contributed by atoms with Crippen molar-refractivity contribution in [3.05, 3.63) is 35.4 Å². The molecule has 2 aliphatic rings. The number of benzene rings is 1. The van der Waals surface area contributed by atoms with Crippen LogP contribution in [0.1, 0.15) is 48.9 Å². The summed E-state index contributed by atoms with van der Waals surface area (Å²) in [7, 11) is 1.82. The van der Waals surface area contributed by atoms with Crippen LogP contribution in [0.2, 0.25) is 0 Å². The Kier molecular flexibility index (Phi) is 3.37. The summed E-state index contributed by atoms with van der Waals surface area (Å²) >= 11 is 0. The molecule has 2 aliphatic carbocycles. The fourth-order valence-corrected chi connectivity index (χ4v) is 3.49. The van der Waals surface area contributed by atoms with E-state index in [0.717, 1.165) is 6.42 Å². The van der Waals surface area contributed by atoms with Gasteiger partial charge in [-0.25, -0.2) is 0 Å². The molecule has 98 valence electrons. The molecule has 0 amide bonds. The third-order valence-electron chi connectivity index (χ3n) is 4.43. The van der Waals surface area contributed by atoms with Crippen molar-refractivity contribution in [2.45, 2.75) is 49.9 Å². The summed E-state index contributed by atoms with van der Waals surface area (Å²) in [5.74, 6) is 0. The number of ether oxygens (including phenoxy) is 1. The SMILES string of the molecule is COC1CCCC1NC1CC(N)c2ccccc21. The predicted molar refractivity (Wildman–Crippen MR) is 72.3 cm³/mol. The molecule has 4 atom stereocenters. The Morgan fingerprint density at radius 1 is 1.22 bits per heavy atom. The smallest absolute Gasteiger partial charge is 0.0724 e. The van der Waals surface area contributed by atoms with Crippen LogP contribution in [0.4, 0.5) is 0 Å². The minimum absolute atomic E-state index is 0.182. The van der Waals surface area contributed by atoms with Crippen molar-refractivity contribution in [1.82, 2.24) is 5.32 Å². The lowest BCUT2D eigenvalue weighted by atomic mass is 10.1. The first kappa shape index (κ1) is 12.2. The van der Waals surface area contributed by atoms with E-state index in [0.29, 0.717) is 18.2 Å². The zero-order valence-electron chi connectivity index (χ0n) is 10.9. The van der Waals surface area contributed by atoms with E-state index in [1.807, 2.05) is 7.11 Å². The van der Waals surface area contributed by atoms with Gasteiger partial charge in [0.05, 0.1) is 6.10 Å². The number of rotatable bonds is 3. The lowest BCUT2D eigenvalue weighted by Crippen LogP contribution is -2.38. The summed E-state index contributed by atoms with van der Waals surface area (Å²) in [4.78, 5) is 0. The maximum Gasteiger partial charge on any atom is 0.0724 e. The molecular weight excluding hydrogens is 224 g/mol. The van der Waals surface area contributed by atoms with Gasteiger partial charge in [-0.3, -0.25) is 0 Å². The Balaban J connectivity index is 1.75. The second-order valence-corrected chi connectivity index (χ2v) is 5.50. The molecule has 3 heteroatoms. The van der Waals surface area contributed by atoms with Crippen molar-refractivity contribution in [3.63, 3.8) is 0 Å². The third-order valence-corrected chi connectivity index (χ3v) is 4.43. The lowest BCUT2D eigenvalue weighted by molar-refractivity contribution is 0.0810. The van der Waals surface area contributed by atoms with E-state index in [4.69, 9.17) is 10.5 Å². The molecule has 1 saturated carbocycles. The molecule has 0 bridgehead atoms. The molecule has 0 aliphatic heterocycles.